The first kappa shape index (κ1) is 17.2. The summed E-state index contributed by atoms with van der Waals surface area (Å²) in [7, 11) is 0.207. The largest absolute Gasteiger partial charge is 1.00 e. The maximum Gasteiger partial charge on any atom is 1.00 e. The van der Waals surface area contributed by atoms with E-state index in [1.165, 1.54) is 16.4 Å². The molecule has 2 aromatic rings. The molecule has 0 aliphatic rings. The van der Waals surface area contributed by atoms with Crippen LogP contribution in [0.15, 0.2) is 36.4 Å². The van der Waals surface area contributed by atoms with E-state index < -0.39 is 0 Å². The van der Waals surface area contributed by atoms with Crippen LogP contribution in [0, 0.1) is 27.7 Å². The van der Waals surface area contributed by atoms with Gasteiger partial charge in [0.05, 0.1) is 0 Å². The topological polar surface area (TPSA) is 17.1 Å². The maximum absolute atomic E-state index is 12.6. The van der Waals surface area contributed by atoms with Crippen molar-refractivity contribution in [2.45, 2.75) is 27.7 Å². The molecule has 2 aromatic carbocycles. The van der Waals surface area contributed by atoms with Crippen LogP contribution >= 0.6 is 8.58 Å². The van der Waals surface area contributed by atoms with Crippen LogP contribution < -0.4 is 24.2 Å². The molecule has 0 aliphatic heterocycles. The molecular weight excluding hydrogens is 258 g/mol. The van der Waals surface area contributed by atoms with Crippen LogP contribution in [-0.2, 0) is 0 Å². The molecule has 0 radical (unpaired) electrons. The Kier molecular flexibility index (Phi) is 6.22. The first-order valence-corrected chi connectivity index (χ1v) is 7.44. The zero-order valence-electron chi connectivity index (χ0n) is 12.9. The van der Waals surface area contributed by atoms with Crippen LogP contribution in [0.5, 0.6) is 0 Å². The summed E-state index contributed by atoms with van der Waals surface area (Å²) in [5.41, 5.74) is 5.69. The number of hydrogen-bond acceptors (Lipinski definition) is 1. The molecule has 2 rings (SSSR count). The van der Waals surface area contributed by atoms with Gasteiger partial charge in [-0.15, -0.1) is 0 Å². The summed E-state index contributed by atoms with van der Waals surface area (Å²) in [4.78, 5) is 12.6. The molecule has 0 bridgehead atoms. The van der Waals surface area contributed by atoms with E-state index in [4.69, 9.17) is 0 Å². The van der Waals surface area contributed by atoms with Crippen molar-refractivity contribution in [1.29, 1.82) is 0 Å². The number of rotatable bonds is 3. The third-order valence-electron chi connectivity index (χ3n) is 3.43. The van der Waals surface area contributed by atoms with E-state index in [1.54, 1.807) is 0 Å². The van der Waals surface area contributed by atoms with Crippen molar-refractivity contribution in [3.8, 4) is 0 Å². The summed E-state index contributed by atoms with van der Waals surface area (Å²) in [5.74, 6) is 0. The molecule has 0 saturated carbocycles. The molecule has 0 saturated heterocycles. The molecule has 1 nitrogen and oxygen atoms in total. The predicted octanol–water partition coefficient (Wildman–Crippen LogP) is 1.07. The van der Waals surface area contributed by atoms with E-state index in [9.17, 15) is 4.79 Å². The average molecular weight is 277 g/mol. The van der Waals surface area contributed by atoms with Gasteiger partial charge in [0, 0.05) is 5.56 Å². The van der Waals surface area contributed by atoms with Crippen molar-refractivity contribution in [2.75, 3.05) is 0 Å². The fourth-order valence-electron chi connectivity index (χ4n) is 2.36. The Morgan fingerprint density at radius 1 is 0.800 bits per heavy atom. The first-order valence-electron chi connectivity index (χ1n) is 6.44. The molecule has 98 valence electrons. The molecule has 0 aromatic heterocycles. The average Bonchev–Trinajstić information content (AvgIpc) is 2.34. The zero-order chi connectivity index (χ0) is 14.0. The monoisotopic (exact) mass is 277 g/mol. The van der Waals surface area contributed by atoms with Gasteiger partial charge in [0.25, 0.3) is 0 Å². The molecule has 0 heterocycles. The van der Waals surface area contributed by atoms with Gasteiger partial charge in [0.15, 0.2) is 5.52 Å². The van der Waals surface area contributed by atoms with E-state index in [-0.39, 0.29) is 33.0 Å². The fraction of sp³-hybridized carbons (Fsp3) is 0.235. The van der Waals surface area contributed by atoms with E-state index in [2.05, 4.69) is 26.0 Å². The smallest absolute Gasteiger partial charge is 0.289 e. The number of carbonyl (C=O) groups is 1. The second-order valence-electron chi connectivity index (χ2n) is 4.99. The quantitative estimate of drug-likeness (QED) is 0.606. The molecule has 20 heavy (non-hydrogen) atoms. The summed E-state index contributed by atoms with van der Waals surface area (Å²) in [6.07, 6.45) is 0. The van der Waals surface area contributed by atoms with Gasteiger partial charge < -0.3 is 0 Å². The molecule has 0 spiro atoms. The standard InChI is InChI=1S/C17H19OP.Li/c1-11-7-5-8-12(2)15(11)17(18)19-16-13(3)9-6-10-14(16)4;/h5-10,19H,1-4H3;/q;+1. The van der Waals surface area contributed by atoms with Crippen LogP contribution in [-0.4, -0.2) is 5.52 Å². The van der Waals surface area contributed by atoms with Gasteiger partial charge >= 0.3 is 18.9 Å². The third-order valence-corrected chi connectivity index (χ3v) is 4.94. The molecule has 1 atom stereocenters. The first-order chi connectivity index (χ1) is 9.00. The minimum Gasteiger partial charge on any atom is -0.289 e. The fourth-order valence-corrected chi connectivity index (χ4v) is 3.67. The molecule has 0 fully saturated rings. The van der Waals surface area contributed by atoms with E-state index >= 15 is 0 Å². The predicted molar refractivity (Wildman–Crippen MR) is 84.1 cm³/mol. The summed E-state index contributed by atoms with van der Waals surface area (Å²) >= 11 is 0. The number of aryl methyl sites for hydroxylation is 4. The Hall–Kier alpha value is -0.863. The normalized spacial score (nSPS) is 10.6. The van der Waals surface area contributed by atoms with E-state index in [1.807, 2.05) is 38.1 Å². The Balaban J connectivity index is 0.00000200. The Labute approximate surface area is 135 Å². The Morgan fingerprint density at radius 3 is 1.65 bits per heavy atom. The number of carbonyl (C=O) groups excluding carboxylic acids is 1. The van der Waals surface area contributed by atoms with Crippen molar-refractivity contribution in [1.82, 2.24) is 0 Å². The van der Waals surface area contributed by atoms with Crippen LogP contribution in [0.1, 0.15) is 32.6 Å². The summed E-state index contributed by atoms with van der Waals surface area (Å²) in [6.45, 7) is 8.17. The molecule has 0 aliphatic carbocycles. The van der Waals surface area contributed by atoms with Crippen LogP contribution in [0.25, 0.3) is 0 Å². The minimum absolute atomic E-state index is 0. The van der Waals surface area contributed by atoms with E-state index in [0.29, 0.717) is 0 Å². The van der Waals surface area contributed by atoms with Gasteiger partial charge in [-0.3, -0.25) is 4.79 Å². The summed E-state index contributed by atoms with van der Waals surface area (Å²) in [5, 5.41) is 1.19. The molecule has 3 heteroatoms. The third kappa shape index (κ3) is 3.61. The SMILES string of the molecule is Cc1cccc(C)c1PC(=O)c1c(C)cccc1C.[Li+]. The van der Waals surface area contributed by atoms with Crippen molar-refractivity contribution in [2.24, 2.45) is 0 Å². The van der Waals surface area contributed by atoms with Crippen molar-refractivity contribution in [3.05, 3.63) is 64.2 Å². The summed E-state index contributed by atoms with van der Waals surface area (Å²) in [6, 6.07) is 12.2. The molecular formula is C17H19LiOP+. The van der Waals surface area contributed by atoms with Crippen molar-refractivity contribution in [3.63, 3.8) is 0 Å². The van der Waals surface area contributed by atoms with Gasteiger partial charge in [-0.2, -0.15) is 0 Å². The van der Waals surface area contributed by atoms with Gasteiger partial charge in [-0.1, -0.05) is 36.4 Å². The Morgan fingerprint density at radius 2 is 1.20 bits per heavy atom. The number of benzene rings is 2. The molecule has 1 unspecified atom stereocenters. The summed E-state index contributed by atoms with van der Waals surface area (Å²) < 4.78 is 0. The van der Waals surface area contributed by atoms with Crippen molar-refractivity contribution >= 4 is 19.4 Å². The van der Waals surface area contributed by atoms with E-state index in [0.717, 1.165) is 16.7 Å². The molecule has 0 N–H and O–H groups in total. The van der Waals surface area contributed by atoms with Gasteiger partial charge in [0.2, 0.25) is 0 Å². The van der Waals surface area contributed by atoms with Crippen molar-refractivity contribution < 1.29 is 23.7 Å². The second-order valence-corrected chi connectivity index (χ2v) is 6.19. The van der Waals surface area contributed by atoms with Gasteiger partial charge in [0.1, 0.15) is 0 Å². The van der Waals surface area contributed by atoms with Crippen LogP contribution in [0.4, 0.5) is 0 Å². The number of hydrogen-bond donors (Lipinski definition) is 0. The maximum atomic E-state index is 12.6. The minimum atomic E-state index is 0. The molecule has 0 amide bonds. The zero-order valence-corrected chi connectivity index (χ0v) is 13.9. The van der Waals surface area contributed by atoms with Gasteiger partial charge in [-0.05, 0) is 63.8 Å². The van der Waals surface area contributed by atoms with Crippen LogP contribution in [0.2, 0.25) is 0 Å². The van der Waals surface area contributed by atoms with Gasteiger partial charge in [-0.25, -0.2) is 0 Å². The van der Waals surface area contributed by atoms with Crippen LogP contribution in [0.3, 0.4) is 0 Å². The Bertz CT molecular complexity index is 594. The second kappa shape index (κ2) is 7.23.